The monoisotopic (exact) mass is 238 g/mol. The molecule has 98 valence electrons. The van der Waals surface area contributed by atoms with Crippen molar-refractivity contribution >= 4 is 6.03 Å². The van der Waals surface area contributed by atoms with Gasteiger partial charge in [-0.1, -0.05) is 32.6 Å². The summed E-state index contributed by atoms with van der Waals surface area (Å²) in [5, 5.41) is 3.07. The van der Waals surface area contributed by atoms with E-state index in [1.54, 1.807) is 0 Å². The largest absolute Gasteiger partial charge is 0.338 e. The van der Waals surface area contributed by atoms with Crippen LogP contribution in [0.4, 0.5) is 4.79 Å². The van der Waals surface area contributed by atoms with E-state index < -0.39 is 0 Å². The minimum atomic E-state index is 0.159. The molecule has 0 aromatic carbocycles. The number of rotatable bonds is 3. The Morgan fingerprint density at radius 3 is 2.47 bits per heavy atom. The Bertz CT molecular complexity index is 241. The van der Waals surface area contributed by atoms with Gasteiger partial charge >= 0.3 is 6.03 Å². The van der Waals surface area contributed by atoms with Crippen LogP contribution >= 0.6 is 0 Å². The van der Waals surface area contributed by atoms with Crippen LogP contribution in [0, 0.1) is 11.8 Å². The molecule has 17 heavy (non-hydrogen) atoms. The van der Waals surface area contributed by atoms with Gasteiger partial charge in [0.05, 0.1) is 0 Å². The maximum atomic E-state index is 11.8. The number of hydrogen-bond donors (Lipinski definition) is 1. The Morgan fingerprint density at radius 1 is 1.18 bits per heavy atom. The first kappa shape index (κ1) is 12.7. The number of urea groups is 1. The Balaban J connectivity index is 1.57. The molecule has 1 saturated carbocycles. The molecule has 2 rings (SSSR count). The quantitative estimate of drug-likeness (QED) is 0.805. The molecule has 0 spiro atoms. The zero-order chi connectivity index (χ0) is 12.1. The van der Waals surface area contributed by atoms with Gasteiger partial charge in [-0.05, 0) is 31.1 Å². The van der Waals surface area contributed by atoms with Crippen LogP contribution < -0.4 is 5.32 Å². The number of carbonyl (C=O) groups excluding carboxylic acids is 1. The number of hydrogen-bond acceptors (Lipinski definition) is 1. The second-order valence-corrected chi connectivity index (χ2v) is 5.84. The number of likely N-dealkylation sites (tertiary alicyclic amines) is 1. The Labute approximate surface area is 105 Å². The summed E-state index contributed by atoms with van der Waals surface area (Å²) in [6.45, 7) is 5.12. The lowest BCUT2D eigenvalue weighted by Crippen LogP contribution is -2.38. The molecule has 3 nitrogen and oxygen atoms in total. The highest BCUT2D eigenvalue weighted by atomic mass is 16.2. The van der Waals surface area contributed by atoms with Gasteiger partial charge in [-0.25, -0.2) is 4.79 Å². The second-order valence-electron chi connectivity index (χ2n) is 5.84. The van der Waals surface area contributed by atoms with Crippen molar-refractivity contribution in [3.05, 3.63) is 0 Å². The van der Waals surface area contributed by atoms with E-state index in [1.807, 2.05) is 4.90 Å². The van der Waals surface area contributed by atoms with Gasteiger partial charge in [0.15, 0.2) is 0 Å². The van der Waals surface area contributed by atoms with Gasteiger partial charge in [-0.3, -0.25) is 0 Å². The van der Waals surface area contributed by atoms with Gasteiger partial charge in [0, 0.05) is 19.6 Å². The molecule has 1 N–H and O–H groups in total. The minimum absolute atomic E-state index is 0.159. The molecular formula is C14H26N2O. The first-order chi connectivity index (χ1) is 8.25. The Kier molecular flexibility index (Phi) is 4.69. The van der Waals surface area contributed by atoms with Crippen molar-refractivity contribution in [2.24, 2.45) is 11.8 Å². The zero-order valence-corrected chi connectivity index (χ0v) is 11.1. The highest BCUT2D eigenvalue weighted by Gasteiger charge is 2.20. The maximum Gasteiger partial charge on any atom is 0.317 e. The summed E-state index contributed by atoms with van der Waals surface area (Å²) >= 11 is 0. The summed E-state index contributed by atoms with van der Waals surface area (Å²) in [7, 11) is 0. The number of amides is 2. The summed E-state index contributed by atoms with van der Waals surface area (Å²) in [4.78, 5) is 13.7. The predicted molar refractivity (Wildman–Crippen MR) is 69.9 cm³/mol. The van der Waals surface area contributed by atoms with Gasteiger partial charge in [0.25, 0.3) is 0 Å². The van der Waals surface area contributed by atoms with E-state index in [9.17, 15) is 4.79 Å². The fourth-order valence-corrected chi connectivity index (χ4v) is 3.03. The van der Waals surface area contributed by atoms with Gasteiger partial charge in [-0.2, -0.15) is 0 Å². The van der Waals surface area contributed by atoms with Crippen LogP contribution in [0.2, 0.25) is 0 Å². The third-order valence-electron chi connectivity index (χ3n) is 4.36. The van der Waals surface area contributed by atoms with Crippen LogP contribution in [0.5, 0.6) is 0 Å². The summed E-state index contributed by atoms with van der Waals surface area (Å²) in [6.07, 6.45) is 9.01. The fourth-order valence-electron chi connectivity index (χ4n) is 3.03. The highest BCUT2D eigenvalue weighted by Crippen LogP contribution is 2.29. The SMILES string of the molecule is CC1CCC(CCNC(=O)N2CCCC2)CC1. The van der Waals surface area contributed by atoms with Crippen LogP contribution in [0.25, 0.3) is 0 Å². The molecule has 1 heterocycles. The van der Waals surface area contributed by atoms with E-state index in [0.717, 1.165) is 31.5 Å². The third-order valence-corrected chi connectivity index (χ3v) is 4.36. The Hall–Kier alpha value is -0.730. The average Bonchev–Trinajstić information content (AvgIpc) is 2.85. The summed E-state index contributed by atoms with van der Waals surface area (Å²) in [5.74, 6) is 1.77. The fraction of sp³-hybridized carbons (Fsp3) is 0.929. The van der Waals surface area contributed by atoms with Crippen molar-refractivity contribution < 1.29 is 4.79 Å². The first-order valence-electron chi connectivity index (χ1n) is 7.28. The number of nitrogens with zero attached hydrogens (tertiary/aromatic N) is 1. The molecule has 0 aromatic heterocycles. The van der Waals surface area contributed by atoms with E-state index in [1.165, 1.54) is 44.9 Å². The van der Waals surface area contributed by atoms with Gasteiger partial charge < -0.3 is 10.2 Å². The molecule has 0 atom stereocenters. The lowest BCUT2D eigenvalue weighted by atomic mass is 9.81. The summed E-state index contributed by atoms with van der Waals surface area (Å²) in [5.41, 5.74) is 0. The van der Waals surface area contributed by atoms with Crippen LogP contribution in [0.15, 0.2) is 0 Å². The van der Waals surface area contributed by atoms with E-state index in [2.05, 4.69) is 12.2 Å². The smallest absolute Gasteiger partial charge is 0.317 e. The van der Waals surface area contributed by atoms with Crippen molar-refractivity contribution in [2.75, 3.05) is 19.6 Å². The van der Waals surface area contributed by atoms with Crippen molar-refractivity contribution in [3.63, 3.8) is 0 Å². The third kappa shape index (κ3) is 3.90. The lowest BCUT2D eigenvalue weighted by molar-refractivity contribution is 0.206. The summed E-state index contributed by atoms with van der Waals surface area (Å²) < 4.78 is 0. The lowest BCUT2D eigenvalue weighted by Gasteiger charge is -2.26. The average molecular weight is 238 g/mol. The molecular weight excluding hydrogens is 212 g/mol. The van der Waals surface area contributed by atoms with Crippen molar-refractivity contribution in [2.45, 2.75) is 51.9 Å². The topological polar surface area (TPSA) is 32.3 Å². The van der Waals surface area contributed by atoms with Gasteiger partial charge in [0.2, 0.25) is 0 Å². The minimum Gasteiger partial charge on any atom is -0.338 e. The van der Waals surface area contributed by atoms with E-state index >= 15 is 0 Å². The standard InChI is InChI=1S/C14H26N2O/c1-12-4-6-13(7-5-12)8-9-15-14(17)16-10-2-3-11-16/h12-13H,2-11H2,1H3,(H,15,17). The highest BCUT2D eigenvalue weighted by molar-refractivity contribution is 5.74. The first-order valence-corrected chi connectivity index (χ1v) is 7.28. The molecule has 1 saturated heterocycles. The van der Waals surface area contributed by atoms with E-state index in [0.29, 0.717) is 0 Å². The molecule has 0 bridgehead atoms. The molecule has 0 unspecified atom stereocenters. The number of nitrogens with one attached hydrogen (secondary N) is 1. The molecule has 2 amide bonds. The number of carbonyl (C=O) groups is 1. The molecule has 2 fully saturated rings. The normalized spacial score (nSPS) is 29.4. The maximum absolute atomic E-state index is 11.8. The predicted octanol–water partition coefficient (Wildman–Crippen LogP) is 3.01. The van der Waals surface area contributed by atoms with Crippen molar-refractivity contribution in [1.82, 2.24) is 10.2 Å². The zero-order valence-electron chi connectivity index (χ0n) is 11.1. The van der Waals surface area contributed by atoms with Crippen LogP contribution in [-0.2, 0) is 0 Å². The van der Waals surface area contributed by atoms with Crippen LogP contribution in [0.3, 0.4) is 0 Å². The van der Waals surface area contributed by atoms with Gasteiger partial charge in [0.1, 0.15) is 0 Å². The van der Waals surface area contributed by atoms with Crippen LogP contribution in [-0.4, -0.2) is 30.6 Å². The molecule has 1 aliphatic carbocycles. The molecule has 1 aliphatic heterocycles. The Morgan fingerprint density at radius 2 is 1.82 bits per heavy atom. The molecule has 2 aliphatic rings. The molecule has 0 radical (unpaired) electrons. The molecule has 3 heteroatoms. The second kappa shape index (κ2) is 6.27. The molecule has 0 aromatic rings. The van der Waals surface area contributed by atoms with Crippen molar-refractivity contribution in [3.8, 4) is 0 Å². The summed E-state index contributed by atoms with van der Waals surface area (Å²) in [6, 6.07) is 0.159. The van der Waals surface area contributed by atoms with Gasteiger partial charge in [-0.15, -0.1) is 0 Å². The van der Waals surface area contributed by atoms with Crippen LogP contribution in [0.1, 0.15) is 51.9 Å². The van der Waals surface area contributed by atoms with E-state index in [4.69, 9.17) is 0 Å². The van der Waals surface area contributed by atoms with E-state index in [-0.39, 0.29) is 6.03 Å². The van der Waals surface area contributed by atoms with Crippen molar-refractivity contribution in [1.29, 1.82) is 0 Å².